The van der Waals surface area contributed by atoms with Gasteiger partial charge in [0.15, 0.2) is 5.78 Å². The zero-order valence-electron chi connectivity index (χ0n) is 31.6. The van der Waals surface area contributed by atoms with Crippen molar-refractivity contribution in [2.24, 2.45) is 0 Å². The quantitative estimate of drug-likeness (QED) is 0.157. The molecule has 0 bridgehead atoms. The molecule has 1 N–H and O–H groups in total. The van der Waals surface area contributed by atoms with Gasteiger partial charge in [-0.15, -0.1) is 11.8 Å². The van der Waals surface area contributed by atoms with Crippen molar-refractivity contribution in [2.45, 2.75) is 81.5 Å². The van der Waals surface area contributed by atoms with Gasteiger partial charge in [-0.1, -0.05) is 59.2 Å². The fraction of sp³-hybridized carbons (Fsp3) is 0.452. The van der Waals surface area contributed by atoms with Crippen molar-refractivity contribution in [1.29, 1.82) is 0 Å². The number of thioether (sulfide) groups is 2. The molecule has 0 amide bonds. The molecule has 12 heteroatoms. The molecule has 0 saturated carbocycles. The molecule has 3 aliphatic heterocycles. The second-order valence-corrected chi connectivity index (χ2v) is 17.5. The highest BCUT2D eigenvalue weighted by Crippen LogP contribution is 2.52. The fourth-order valence-electron chi connectivity index (χ4n) is 7.32. The van der Waals surface area contributed by atoms with Crippen LogP contribution < -0.4 is 4.74 Å². The number of methoxy groups -OCH3 is 1. The van der Waals surface area contributed by atoms with Gasteiger partial charge in [0, 0.05) is 34.6 Å². The Bertz CT molecular complexity index is 1850. The topological polar surface area (TPSA) is 108 Å². The second kappa shape index (κ2) is 18.3. The van der Waals surface area contributed by atoms with E-state index in [1.807, 2.05) is 70.2 Å². The molecule has 3 aromatic rings. The molecular weight excluding hydrogens is 767 g/mol. The van der Waals surface area contributed by atoms with Crippen LogP contribution >= 0.6 is 46.7 Å². The Morgan fingerprint density at radius 1 is 0.926 bits per heavy atom. The van der Waals surface area contributed by atoms with Crippen molar-refractivity contribution in [2.75, 3.05) is 40.1 Å². The molecule has 2 saturated heterocycles. The summed E-state index contributed by atoms with van der Waals surface area (Å²) in [5.74, 6) is -0.342. The number of ketones is 1. The molecule has 0 aromatic heterocycles. The van der Waals surface area contributed by atoms with Gasteiger partial charge in [-0.2, -0.15) is 0 Å². The van der Waals surface area contributed by atoms with Gasteiger partial charge < -0.3 is 24.1 Å². The van der Waals surface area contributed by atoms with Crippen molar-refractivity contribution in [3.63, 3.8) is 0 Å². The third kappa shape index (κ3) is 9.17. The summed E-state index contributed by atoms with van der Waals surface area (Å²) in [5.41, 5.74) is 6.32. The van der Waals surface area contributed by atoms with Gasteiger partial charge >= 0.3 is 5.97 Å². The predicted octanol–water partition coefficient (Wildman–Crippen LogP) is 9.71. The molecule has 2 fully saturated rings. The number of carbonyl (C=O) groups excluding carboxylic acids is 3. The maximum absolute atomic E-state index is 14.2. The summed E-state index contributed by atoms with van der Waals surface area (Å²) in [6.07, 6.45) is 2.97. The number of aliphatic hydroxyl groups is 1. The van der Waals surface area contributed by atoms with Crippen LogP contribution in [0.25, 0.3) is 5.57 Å². The van der Waals surface area contributed by atoms with Crippen LogP contribution in [-0.2, 0) is 34.3 Å². The number of carbonyl (C=O) groups is 3. The van der Waals surface area contributed by atoms with Crippen molar-refractivity contribution in [3.8, 4) is 5.75 Å². The monoisotopic (exact) mass is 814 g/mol. The van der Waals surface area contributed by atoms with E-state index in [4.69, 9.17) is 42.1 Å². The molecule has 3 atom stereocenters. The molecular formula is C42H48Cl2O8S2. The Labute approximate surface area is 336 Å². The zero-order chi connectivity index (χ0) is 39.2. The van der Waals surface area contributed by atoms with E-state index in [1.54, 1.807) is 20.1 Å². The average Bonchev–Trinajstić information content (AvgIpc) is 3.36. The number of esters is 1. The molecule has 290 valence electrons. The van der Waals surface area contributed by atoms with E-state index in [2.05, 4.69) is 0 Å². The highest BCUT2D eigenvalue weighted by Gasteiger charge is 2.50. The Hall–Kier alpha value is -2.99. The van der Waals surface area contributed by atoms with Crippen molar-refractivity contribution < 1.29 is 38.4 Å². The van der Waals surface area contributed by atoms with E-state index < -0.39 is 21.4 Å². The summed E-state index contributed by atoms with van der Waals surface area (Å²) < 4.78 is 20.4. The fourth-order valence-corrected chi connectivity index (χ4v) is 10.8. The molecule has 8 nitrogen and oxygen atoms in total. The molecule has 1 spiro atoms. The number of halogens is 2. The van der Waals surface area contributed by atoms with E-state index in [-0.39, 0.29) is 29.9 Å². The number of aryl methyl sites for hydroxylation is 4. The summed E-state index contributed by atoms with van der Waals surface area (Å²) in [6, 6.07) is 15.3. The number of aliphatic hydroxyl groups excluding tert-OH is 1. The van der Waals surface area contributed by atoms with Crippen molar-refractivity contribution in [1.82, 2.24) is 0 Å². The van der Waals surface area contributed by atoms with Gasteiger partial charge in [0.1, 0.15) is 22.2 Å². The number of ether oxygens (including phenoxy) is 4. The molecule has 3 heterocycles. The number of hydrogen-bond acceptors (Lipinski definition) is 10. The molecule has 54 heavy (non-hydrogen) atoms. The Kier molecular flexibility index (Phi) is 14.3. The lowest BCUT2D eigenvalue weighted by molar-refractivity contribution is -0.149. The number of rotatable bonds is 10. The van der Waals surface area contributed by atoms with E-state index in [1.165, 1.54) is 23.5 Å². The highest BCUT2D eigenvalue weighted by molar-refractivity contribution is 8.16. The minimum absolute atomic E-state index is 0.119. The lowest BCUT2D eigenvalue weighted by atomic mass is 9.82. The standard InChI is InChI=1S/C26H31ClO5S.C16H17ClO3S/c1-5-32-25(29)23(22-18(3)13-17(2)14-21(22)27)24(28)26(11-6-12-31-16-26)33-15-19-7-9-20(30-4)10-8-19;1-9-6-10(2)12(11(17)7-9)13-14(18)16(21-15(13)19)4-3-5-20-8-16/h7-10,13-14,23H,5-6,11-12,15-16H2,1-4H3;6-7,18H,3-5,8H2,1-2H3. The smallest absolute Gasteiger partial charge is 0.321 e. The zero-order valence-corrected chi connectivity index (χ0v) is 34.8. The first-order valence-electron chi connectivity index (χ1n) is 18.1. The van der Waals surface area contributed by atoms with Crippen LogP contribution in [0.2, 0.25) is 10.0 Å². The SMILES string of the molecule is CCOC(=O)C(C(=O)C1(SCc2ccc(OC)cc2)CCCOC1)c1c(C)cc(C)cc1Cl.Cc1cc(C)c(C2=C(O)C3(CCCOC3)SC2=O)c(Cl)c1. The molecule has 0 aliphatic carbocycles. The first-order chi connectivity index (χ1) is 25.8. The van der Waals surface area contributed by atoms with Crippen molar-refractivity contribution >= 4 is 69.2 Å². The van der Waals surface area contributed by atoms with E-state index in [0.29, 0.717) is 58.7 Å². The maximum atomic E-state index is 14.2. The summed E-state index contributed by atoms with van der Waals surface area (Å²) in [7, 11) is 1.63. The minimum Gasteiger partial charge on any atom is -0.510 e. The van der Waals surface area contributed by atoms with Gasteiger partial charge in [-0.05, 0) is 118 Å². The van der Waals surface area contributed by atoms with Crippen LogP contribution in [0, 0.1) is 27.7 Å². The van der Waals surface area contributed by atoms with Gasteiger partial charge in [-0.3, -0.25) is 14.4 Å². The maximum Gasteiger partial charge on any atom is 0.321 e. The molecule has 3 aliphatic rings. The average molecular weight is 816 g/mol. The summed E-state index contributed by atoms with van der Waals surface area (Å²) >= 11 is 15.6. The lowest BCUT2D eigenvalue weighted by Gasteiger charge is -2.37. The largest absolute Gasteiger partial charge is 0.510 e. The summed E-state index contributed by atoms with van der Waals surface area (Å²) in [4.78, 5) is 39.8. The van der Waals surface area contributed by atoms with E-state index >= 15 is 0 Å². The van der Waals surface area contributed by atoms with Gasteiger partial charge in [0.05, 0.1) is 37.3 Å². The molecule has 0 radical (unpaired) electrons. The van der Waals surface area contributed by atoms with Crippen LogP contribution in [0.3, 0.4) is 0 Å². The minimum atomic E-state index is -1.09. The van der Waals surface area contributed by atoms with E-state index in [9.17, 15) is 19.5 Å². The summed E-state index contributed by atoms with van der Waals surface area (Å²) in [5, 5.41) is 11.5. The summed E-state index contributed by atoms with van der Waals surface area (Å²) in [6.45, 7) is 11.5. The second-order valence-electron chi connectivity index (χ2n) is 14.0. The Morgan fingerprint density at radius 2 is 1.56 bits per heavy atom. The number of benzene rings is 3. The number of hydrogen-bond donors (Lipinski definition) is 1. The molecule has 6 rings (SSSR count). The normalized spacial score (nSPS) is 21.7. The van der Waals surface area contributed by atoms with Crippen LogP contribution in [0.15, 0.2) is 54.3 Å². The van der Waals surface area contributed by atoms with Crippen LogP contribution in [0.4, 0.5) is 0 Å². The number of Topliss-reactive ketones (excluding diaryl/α,β-unsaturated/α-hetero) is 1. The predicted molar refractivity (Wildman–Crippen MR) is 218 cm³/mol. The Balaban J connectivity index is 0.000000228. The first-order valence-corrected chi connectivity index (χ1v) is 20.7. The van der Waals surface area contributed by atoms with Crippen LogP contribution in [0.1, 0.15) is 77.5 Å². The van der Waals surface area contributed by atoms with E-state index in [0.717, 1.165) is 52.8 Å². The van der Waals surface area contributed by atoms with Crippen LogP contribution in [0.5, 0.6) is 5.75 Å². The highest BCUT2D eigenvalue weighted by atomic mass is 35.5. The molecule has 3 unspecified atom stereocenters. The van der Waals surface area contributed by atoms with Crippen molar-refractivity contribution in [3.05, 3.63) is 103 Å². The lowest BCUT2D eigenvalue weighted by Crippen LogP contribution is -2.48. The van der Waals surface area contributed by atoms with Gasteiger partial charge in [-0.25, -0.2) is 0 Å². The van der Waals surface area contributed by atoms with Crippen LogP contribution in [-0.4, -0.2) is 71.6 Å². The third-order valence-corrected chi connectivity index (χ3v) is 13.4. The van der Waals surface area contributed by atoms with Gasteiger partial charge in [0.2, 0.25) is 5.12 Å². The molecule has 3 aromatic carbocycles. The third-order valence-electron chi connectivity index (χ3n) is 9.93. The Morgan fingerprint density at radius 3 is 2.11 bits per heavy atom. The first kappa shape index (κ1) is 42.2. The van der Waals surface area contributed by atoms with Gasteiger partial charge in [0.25, 0.3) is 0 Å².